The Hall–Kier alpha value is -2.74. The SMILES string of the molecule is C=C(C)CN(CC)c1c(-c2c(F)cc(OCC)cc2F)c(Cl)nc2ncnn12. The highest BCUT2D eigenvalue weighted by Crippen LogP contribution is 2.40. The van der Waals surface area contributed by atoms with Crippen LogP contribution in [0.15, 0.2) is 30.6 Å². The van der Waals surface area contributed by atoms with Gasteiger partial charge < -0.3 is 9.64 Å². The summed E-state index contributed by atoms with van der Waals surface area (Å²) in [5.74, 6) is -0.892. The summed E-state index contributed by atoms with van der Waals surface area (Å²) in [4.78, 5) is 10.1. The van der Waals surface area contributed by atoms with Crippen LogP contribution in [0.4, 0.5) is 14.6 Å². The molecule has 0 unspecified atom stereocenters. The highest BCUT2D eigenvalue weighted by Gasteiger charge is 2.27. The molecule has 2 aromatic heterocycles. The number of fused-ring (bicyclic) bond motifs is 1. The van der Waals surface area contributed by atoms with Gasteiger partial charge in [-0.25, -0.2) is 8.78 Å². The summed E-state index contributed by atoms with van der Waals surface area (Å²) in [6, 6.07) is 2.26. The molecule has 0 spiro atoms. The first-order valence-electron chi connectivity index (χ1n) is 8.78. The molecular formula is C19H20ClF2N5O. The molecule has 0 bridgehead atoms. The van der Waals surface area contributed by atoms with E-state index in [1.807, 2.05) is 18.7 Å². The Bertz CT molecular complexity index is 1010. The number of ether oxygens (including phenoxy) is 1. The van der Waals surface area contributed by atoms with Gasteiger partial charge in [0.15, 0.2) is 0 Å². The van der Waals surface area contributed by atoms with Crippen LogP contribution >= 0.6 is 11.6 Å². The zero-order valence-electron chi connectivity index (χ0n) is 15.8. The predicted molar refractivity (Wildman–Crippen MR) is 105 cm³/mol. The first-order valence-corrected chi connectivity index (χ1v) is 9.15. The van der Waals surface area contributed by atoms with Crippen molar-refractivity contribution in [3.63, 3.8) is 0 Å². The van der Waals surface area contributed by atoms with Crippen LogP contribution in [0.25, 0.3) is 16.9 Å². The fourth-order valence-electron chi connectivity index (χ4n) is 3.01. The first kappa shape index (κ1) is 20.0. The van der Waals surface area contributed by atoms with E-state index in [2.05, 4.69) is 21.6 Å². The van der Waals surface area contributed by atoms with Crippen molar-refractivity contribution in [3.05, 3.63) is 47.4 Å². The van der Waals surface area contributed by atoms with Crippen molar-refractivity contribution >= 4 is 23.2 Å². The quantitative estimate of drug-likeness (QED) is 0.425. The van der Waals surface area contributed by atoms with Crippen LogP contribution in [-0.4, -0.2) is 39.3 Å². The molecule has 6 nitrogen and oxygen atoms in total. The molecule has 0 aliphatic carbocycles. The van der Waals surface area contributed by atoms with E-state index in [-0.39, 0.29) is 27.8 Å². The second-order valence-corrected chi connectivity index (χ2v) is 6.60. The minimum absolute atomic E-state index is 0.0716. The van der Waals surface area contributed by atoms with Crippen LogP contribution in [-0.2, 0) is 0 Å². The molecule has 3 rings (SSSR count). The third kappa shape index (κ3) is 3.64. The van der Waals surface area contributed by atoms with E-state index in [1.165, 1.54) is 10.8 Å². The van der Waals surface area contributed by atoms with Crippen molar-refractivity contribution in [1.29, 1.82) is 0 Å². The number of nitrogens with zero attached hydrogens (tertiary/aromatic N) is 5. The molecule has 0 aliphatic heterocycles. The lowest BCUT2D eigenvalue weighted by Gasteiger charge is -2.26. The molecule has 0 saturated heterocycles. The molecule has 0 radical (unpaired) electrons. The maximum Gasteiger partial charge on any atom is 0.255 e. The molecule has 3 aromatic rings. The molecule has 28 heavy (non-hydrogen) atoms. The van der Waals surface area contributed by atoms with Crippen LogP contribution in [0.3, 0.4) is 0 Å². The monoisotopic (exact) mass is 407 g/mol. The number of halogens is 3. The van der Waals surface area contributed by atoms with Crippen LogP contribution in [0, 0.1) is 11.6 Å². The molecule has 0 atom stereocenters. The molecule has 0 fully saturated rings. The van der Waals surface area contributed by atoms with Gasteiger partial charge in [0, 0.05) is 25.2 Å². The largest absolute Gasteiger partial charge is 0.494 e. The fraction of sp³-hybridized carbons (Fsp3) is 0.316. The number of hydrogen-bond donors (Lipinski definition) is 0. The maximum absolute atomic E-state index is 14.9. The first-order chi connectivity index (χ1) is 13.4. The third-order valence-corrected chi connectivity index (χ3v) is 4.35. The highest BCUT2D eigenvalue weighted by molar-refractivity contribution is 6.33. The lowest BCUT2D eigenvalue weighted by Crippen LogP contribution is -2.28. The number of benzene rings is 1. The third-order valence-electron chi connectivity index (χ3n) is 4.08. The van der Waals surface area contributed by atoms with E-state index in [9.17, 15) is 8.78 Å². The summed E-state index contributed by atoms with van der Waals surface area (Å²) >= 11 is 6.38. The van der Waals surface area contributed by atoms with Gasteiger partial charge in [0.05, 0.1) is 17.7 Å². The smallest absolute Gasteiger partial charge is 0.255 e. The lowest BCUT2D eigenvalue weighted by molar-refractivity contribution is 0.336. The van der Waals surface area contributed by atoms with E-state index in [1.54, 1.807) is 6.92 Å². The minimum atomic E-state index is -0.806. The maximum atomic E-state index is 14.9. The van der Waals surface area contributed by atoms with E-state index < -0.39 is 11.6 Å². The van der Waals surface area contributed by atoms with Gasteiger partial charge in [-0.3, -0.25) is 0 Å². The van der Waals surface area contributed by atoms with Gasteiger partial charge in [-0.05, 0) is 20.8 Å². The van der Waals surface area contributed by atoms with E-state index in [4.69, 9.17) is 16.3 Å². The van der Waals surface area contributed by atoms with Gasteiger partial charge in [0.25, 0.3) is 5.78 Å². The van der Waals surface area contributed by atoms with Gasteiger partial charge in [0.2, 0.25) is 0 Å². The zero-order valence-corrected chi connectivity index (χ0v) is 16.6. The molecule has 1 aromatic carbocycles. The molecule has 9 heteroatoms. The second-order valence-electron chi connectivity index (χ2n) is 6.24. The predicted octanol–water partition coefficient (Wildman–Crippen LogP) is 4.52. The summed E-state index contributed by atoms with van der Waals surface area (Å²) < 4.78 is 36.5. The van der Waals surface area contributed by atoms with Crippen LogP contribution in [0.1, 0.15) is 20.8 Å². The van der Waals surface area contributed by atoms with Crippen molar-refractivity contribution < 1.29 is 13.5 Å². The van der Waals surface area contributed by atoms with E-state index >= 15 is 0 Å². The van der Waals surface area contributed by atoms with Crippen molar-refractivity contribution in [2.24, 2.45) is 0 Å². The second kappa shape index (κ2) is 8.10. The number of likely N-dealkylation sites (N-methyl/N-ethyl adjacent to an activating group) is 1. The highest BCUT2D eigenvalue weighted by atomic mass is 35.5. The number of rotatable bonds is 7. The molecule has 0 amide bonds. The van der Waals surface area contributed by atoms with Crippen molar-refractivity contribution in [1.82, 2.24) is 19.6 Å². The minimum Gasteiger partial charge on any atom is -0.494 e. The van der Waals surface area contributed by atoms with Crippen LogP contribution in [0.5, 0.6) is 5.75 Å². The number of hydrogen-bond acceptors (Lipinski definition) is 5. The Morgan fingerprint density at radius 1 is 1.25 bits per heavy atom. The Labute approximate surface area is 166 Å². The van der Waals surface area contributed by atoms with Crippen molar-refractivity contribution in [3.8, 4) is 16.9 Å². The molecular weight excluding hydrogens is 388 g/mol. The van der Waals surface area contributed by atoms with Gasteiger partial charge in [-0.2, -0.15) is 19.6 Å². The fourth-order valence-corrected chi connectivity index (χ4v) is 3.27. The van der Waals surface area contributed by atoms with E-state index in [0.717, 1.165) is 17.7 Å². The average Bonchev–Trinajstić information content (AvgIpc) is 3.07. The Balaban J connectivity index is 2.34. The molecule has 0 N–H and O–H groups in total. The Kier molecular flexibility index (Phi) is 5.79. The van der Waals surface area contributed by atoms with Gasteiger partial charge in [-0.15, -0.1) is 0 Å². The Morgan fingerprint density at radius 2 is 1.93 bits per heavy atom. The van der Waals surface area contributed by atoms with Crippen molar-refractivity contribution in [2.45, 2.75) is 20.8 Å². The summed E-state index contributed by atoms with van der Waals surface area (Å²) in [6.07, 6.45) is 1.31. The average molecular weight is 408 g/mol. The van der Waals surface area contributed by atoms with Crippen LogP contribution < -0.4 is 9.64 Å². The van der Waals surface area contributed by atoms with Gasteiger partial charge in [0.1, 0.15) is 34.7 Å². The number of anilines is 1. The van der Waals surface area contributed by atoms with Crippen LogP contribution in [0.2, 0.25) is 5.15 Å². The van der Waals surface area contributed by atoms with Gasteiger partial charge in [-0.1, -0.05) is 23.8 Å². The summed E-state index contributed by atoms with van der Waals surface area (Å²) in [5, 5.41) is 4.10. The topological polar surface area (TPSA) is 55.5 Å². The lowest BCUT2D eigenvalue weighted by atomic mass is 10.1. The number of aromatic nitrogens is 4. The summed E-state index contributed by atoms with van der Waals surface area (Å²) in [6.45, 7) is 10.7. The Morgan fingerprint density at radius 3 is 2.50 bits per heavy atom. The molecule has 0 aliphatic rings. The van der Waals surface area contributed by atoms with Gasteiger partial charge >= 0.3 is 0 Å². The standard InChI is InChI=1S/C19H20ClF2N5O/c1-5-26(9-11(3)4)18-16(17(20)25-19-23-10-24-27(18)19)15-13(21)7-12(28-6-2)8-14(15)22/h7-8,10H,3,5-6,9H2,1-2,4H3. The summed E-state index contributed by atoms with van der Waals surface area (Å²) in [7, 11) is 0. The van der Waals surface area contributed by atoms with Crippen molar-refractivity contribution in [2.75, 3.05) is 24.6 Å². The normalized spacial score (nSPS) is 11.1. The zero-order chi connectivity index (χ0) is 20.4. The molecule has 2 heterocycles. The molecule has 0 saturated carbocycles. The summed E-state index contributed by atoms with van der Waals surface area (Å²) in [5.41, 5.74) is 0.663. The molecule has 148 valence electrons. The van der Waals surface area contributed by atoms with E-state index in [0.29, 0.717) is 25.5 Å².